The third-order valence-electron chi connectivity index (χ3n) is 11.4. The summed E-state index contributed by atoms with van der Waals surface area (Å²) >= 11 is 0. The van der Waals surface area contributed by atoms with Crippen LogP contribution in [0.2, 0.25) is 0 Å². The molecular weight excluding hydrogens is 638 g/mol. The van der Waals surface area contributed by atoms with Crippen LogP contribution in [0.15, 0.2) is 0 Å². The highest BCUT2D eigenvalue weighted by molar-refractivity contribution is 5.81. The van der Waals surface area contributed by atoms with E-state index in [4.69, 9.17) is 28.4 Å². The van der Waals surface area contributed by atoms with E-state index in [0.29, 0.717) is 12.8 Å². The van der Waals surface area contributed by atoms with Gasteiger partial charge in [-0.25, -0.2) is 0 Å². The van der Waals surface area contributed by atoms with Crippen molar-refractivity contribution >= 4 is 11.8 Å². The van der Waals surface area contributed by atoms with Crippen LogP contribution in [0.1, 0.15) is 94.4 Å². The van der Waals surface area contributed by atoms with Gasteiger partial charge < -0.3 is 53.7 Å². The minimum absolute atomic E-state index is 0.0366. The van der Waals surface area contributed by atoms with Crippen LogP contribution in [0.5, 0.6) is 0 Å². The molecular formula is C36H65NO12. The fourth-order valence-electron chi connectivity index (χ4n) is 7.92. The van der Waals surface area contributed by atoms with Crippen molar-refractivity contribution in [2.24, 2.45) is 23.7 Å². The van der Waals surface area contributed by atoms with Gasteiger partial charge in [-0.15, -0.1) is 0 Å². The molecule has 286 valence electrons. The molecule has 17 atom stereocenters. The van der Waals surface area contributed by atoms with E-state index in [1.807, 2.05) is 32.8 Å². The lowest BCUT2D eigenvalue weighted by molar-refractivity contribution is -0.317. The highest BCUT2D eigenvalue weighted by atomic mass is 16.7. The van der Waals surface area contributed by atoms with Crippen LogP contribution >= 0.6 is 0 Å². The molecule has 3 saturated heterocycles. The molecule has 3 fully saturated rings. The normalized spacial score (nSPS) is 48.2. The summed E-state index contributed by atoms with van der Waals surface area (Å²) < 4.78 is 37.2. The lowest BCUT2D eigenvalue weighted by Gasteiger charge is -2.48. The molecule has 49 heavy (non-hydrogen) atoms. The Hall–Kier alpha value is -1.26. The van der Waals surface area contributed by atoms with E-state index in [2.05, 4.69) is 0 Å². The second kappa shape index (κ2) is 17.0. The Morgan fingerprint density at radius 3 is 2.14 bits per heavy atom. The molecule has 13 nitrogen and oxygen atoms in total. The Bertz CT molecular complexity index is 1090. The topological polar surface area (TPSA) is 174 Å². The van der Waals surface area contributed by atoms with Gasteiger partial charge in [0.25, 0.3) is 0 Å². The molecule has 13 heteroatoms. The van der Waals surface area contributed by atoms with Crippen molar-refractivity contribution in [1.82, 2.24) is 4.90 Å². The smallest absolute Gasteiger partial charge is 0.311 e. The number of carbonyl (C=O) groups excluding carboxylic acids is 2. The highest BCUT2D eigenvalue weighted by Gasteiger charge is 2.52. The number of cyclic esters (lactones) is 1. The quantitative estimate of drug-likeness (QED) is 0.285. The van der Waals surface area contributed by atoms with Crippen molar-refractivity contribution < 1.29 is 58.4 Å². The zero-order valence-corrected chi connectivity index (χ0v) is 31.7. The molecule has 0 aromatic carbocycles. The Kier molecular flexibility index (Phi) is 14.7. The fraction of sp³-hybridized carbons (Fsp3) is 0.944. The second-order valence-corrected chi connectivity index (χ2v) is 15.8. The number of likely N-dealkylation sites (N-methyl/N-ethyl adjacent to an activating group) is 1. The number of esters is 1. The Morgan fingerprint density at radius 2 is 1.57 bits per heavy atom. The summed E-state index contributed by atoms with van der Waals surface area (Å²) in [6.07, 6.45) is -7.97. The minimum atomic E-state index is -1.71. The lowest BCUT2D eigenvalue weighted by Crippen LogP contribution is -2.60. The van der Waals surface area contributed by atoms with Gasteiger partial charge in [-0.2, -0.15) is 0 Å². The first-order chi connectivity index (χ1) is 22.7. The number of ketones is 1. The van der Waals surface area contributed by atoms with Crippen LogP contribution in [0, 0.1) is 23.7 Å². The van der Waals surface area contributed by atoms with Crippen molar-refractivity contribution in [1.29, 1.82) is 0 Å². The van der Waals surface area contributed by atoms with E-state index in [1.54, 1.807) is 48.5 Å². The summed E-state index contributed by atoms with van der Waals surface area (Å²) in [7, 11) is 5.23. The van der Waals surface area contributed by atoms with Crippen LogP contribution in [0.3, 0.4) is 0 Å². The summed E-state index contributed by atoms with van der Waals surface area (Å²) in [5.74, 6) is -3.74. The van der Waals surface area contributed by atoms with Gasteiger partial charge in [-0.05, 0) is 68.0 Å². The third-order valence-corrected chi connectivity index (χ3v) is 11.4. The van der Waals surface area contributed by atoms with Crippen molar-refractivity contribution in [2.75, 3.05) is 21.2 Å². The number of methoxy groups -OCH3 is 1. The molecule has 0 aliphatic carbocycles. The van der Waals surface area contributed by atoms with Gasteiger partial charge in [-0.1, -0.05) is 27.7 Å². The van der Waals surface area contributed by atoms with Gasteiger partial charge in [0.2, 0.25) is 0 Å². The molecule has 3 heterocycles. The number of Topliss-reactive ketones (excluding diaryl/α,β-unsaturated/α-hetero) is 1. The summed E-state index contributed by atoms with van der Waals surface area (Å²) in [6, 6.07) is -0.293. The van der Waals surface area contributed by atoms with E-state index < -0.39 is 96.2 Å². The highest BCUT2D eigenvalue weighted by Crippen LogP contribution is 2.40. The van der Waals surface area contributed by atoms with Crippen LogP contribution in [-0.4, -0.2) is 137 Å². The lowest BCUT2D eigenvalue weighted by atomic mass is 9.76. The first-order valence-corrected chi connectivity index (χ1v) is 18.0. The molecule has 0 amide bonds. The number of hydrogen-bond donors (Lipinski definition) is 4. The molecule has 0 radical (unpaired) electrons. The van der Waals surface area contributed by atoms with E-state index in [-0.39, 0.29) is 37.2 Å². The van der Waals surface area contributed by atoms with E-state index in [0.717, 1.165) is 0 Å². The SMILES string of the molecule is CC[C@H]1OC(=O)[C@H](C)C(OC2C[C@@](C)(OC)[C@@H](O)[C@H](C)O2)[C@H](C)[C@@H](OC2O[C@H](C)C[C@H](N(C)C)[C@H]2O)[C@](C)(O)C[C@@H](C)C(=O)C[C@@H](O)[C@H]1C. The maximum Gasteiger partial charge on any atom is 0.311 e. The maximum atomic E-state index is 14.0. The number of aliphatic hydroxyl groups is 4. The van der Waals surface area contributed by atoms with Gasteiger partial charge in [-0.3, -0.25) is 9.59 Å². The summed E-state index contributed by atoms with van der Waals surface area (Å²) in [4.78, 5) is 29.3. The van der Waals surface area contributed by atoms with Crippen molar-refractivity contribution in [3.63, 3.8) is 0 Å². The van der Waals surface area contributed by atoms with Crippen molar-refractivity contribution in [3.8, 4) is 0 Å². The standard InChI is InChI=1S/C36H65NO12/c1-13-27-20(4)26(39)15-25(38)18(2)16-35(8,43)32(49-34-29(40)24(37(10)11)14-19(3)45-34)21(5)30(22(6)33(42)47-27)48-28-17-36(9,44-12)31(41)23(7)46-28/h18-24,26-32,34,39-41,43H,13-17H2,1-12H3/t18-,19-,20-,21+,22-,23+,24+,26-,27-,28?,29-,30?,31+,32-,34?,35-,36-/m1/s1. The monoisotopic (exact) mass is 703 g/mol. The van der Waals surface area contributed by atoms with Crippen LogP contribution in [0.4, 0.5) is 0 Å². The molecule has 0 spiro atoms. The molecule has 3 rings (SSSR count). The van der Waals surface area contributed by atoms with E-state index in [1.165, 1.54) is 7.11 Å². The Morgan fingerprint density at radius 1 is 0.939 bits per heavy atom. The Labute approximate surface area is 292 Å². The van der Waals surface area contributed by atoms with Crippen LogP contribution < -0.4 is 0 Å². The largest absolute Gasteiger partial charge is 0.462 e. The van der Waals surface area contributed by atoms with Gasteiger partial charge >= 0.3 is 5.97 Å². The van der Waals surface area contributed by atoms with E-state index in [9.17, 15) is 30.0 Å². The average molecular weight is 704 g/mol. The molecule has 4 N–H and O–H groups in total. The predicted molar refractivity (Wildman–Crippen MR) is 180 cm³/mol. The van der Waals surface area contributed by atoms with Crippen molar-refractivity contribution in [3.05, 3.63) is 0 Å². The average Bonchev–Trinajstić information content (AvgIpc) is 3.02. The number of carbonyl (C=O) groups is 2. The predicted octanol–water partition coefficient (Wildman–Crippen LogP) is 2.42. The molecule has 0 aromatic heterocycles. The van der Waals surface area contributed by atoms with Crippen LogP contribution in [-0.2, 0) is 38.0 Å². The summed E-state index contributed by atoms with van der Waals surface area (Å²) in [6.45, 7) is 15.7. The van der Waals surface area contributed by atoms with Gasteiger partial charge in [0.1, 0.15) is 24.1 Å². The zero-order chi connectivity index (χ0) is 37.2. The van der Waals surface area contributed by atoms with Crippen molar-refractivity contribution in [2.45, 2.75) is 173 Å². The molecule has 3 unspecified atom stereocenters. The first kappa shape index (κ1) is 42.2. The number of hydrogen-bond acceptors (Lipinski definition) is 13. The number of ether oxygens (including phenoxy) is 6. The number of nitrogens with zero attached hydrogens (tertiary/aromatic N) is 1. The fourth-order valence-corrected chi connectivity index (χ4v) is 7.92. The third kappa shape index (κ3) is 9.79. The van der Waals surface area contributed by atoms with Crippen LogP contribution in [0.25, 0.3) is 0 Å². The Balaban J connectivity index is 2.13. The van der Waals surface area contributed by atoms with Gasteiger partial charge in [0.05, 0.1) is 47.6 Å². The van der Waals surface area contributed by atoms with Gasteiger partial charge in [0, 0.05) is 43.7 Å². The molecule has 3 aliphatic rings. The number of aliphatic hydroxyl groups excluding tert-OH is 3. The molecule has 0 saturated carbocycles. The van der Waals surface area contributed by atoms with E-state index >= 15 is 0 Å². The zero-order valence-electron chi connectivity index (χ0n) is 31.7. The maximum absolute atomic E-state index is 14.0. The van der Waals surface area contributed by atoms with Gasteiger partial charge in [0.15, 0.2) is 12.6 Å². The molecule has 0 bridgehead atoms. The first-order valence-electron chi connectivity index (χ1n) is 18.0. The number of rotatable bonds is 7. The molecule has 0 aromatic rings. The minimum Gasteiger partial charge on any atom is -0.462 e. The summed E-state index contributed by atoms with van der Waals surface area (Å²) in [5, 5.41) is 45.6. The second-order valence-electron chi connectivity index (χ2n) is 15.8. The molecule has 3 aliphatic heterocycles. The summed E-state index contributed by atoms with van der Waals surface area (Å²) in [5.41, 5.74) is -2.72.